The summed E-state index contributed by atoms with van der Waals surface area (Å²) in [5, 5.41) is 0. The molecule has 0 aromatic heterocycles. The molecule has 0 heterocycles. The van der Waals surface area contributed by atoms with Gasteiger partial charge < -0.3 is 9.47 Å². The van der Waals surface area contributed by atoms with Crippen molar-refractivity contribution in [2.75, 3.05) is 0 Å². The number of alkyl halides is 10. The topological polar surface area (TPSA) is 86.7 Å². The van der Waals surface area contributed by atoms with Crippen LogP contribution in [0.2, 0.25) is 0 Å². The number of hydrogen-bond donors (Lipinski definition) is 0. The Balaban J connectivity index is 2.67. The molecule has 202 valence electrons. The van der Waals surface area contributed by atoms with Gasteiger partial charge in [-0.25, -0.2) is 16.8 Å². The summed E-state index contributed by atoms with van der Waals surface area (Å²) in [6.07, 6.45) is -10.5. The van der Waals surface area contributed by atoms with Crippen molar-refractivity contribution in [3.63, 3.8) is 0 Å². The molecule has 0 spiro atoms. The minimum absolute atomic E-state index is 0.374. The second-order valence-corrected chi connectivity index (χ2v) is 13.5. The third-order valence-electron chi connectivity index (χ3n) is 3.88. The van der Waals surface area contributed by atoms with Crippen molar-refractivity contribution in [2.45, 2.75) is 31.7 Å². The fourth-order valence-corrected chi connectivity index (χ4v) is 4.44. The standard InChI is InChI=1S/C16H6Br2Cl2F8O6S2/c17-13(21,22)15(25,26)33-9-3-1-7(5-11(9)35(19,29)30)8-2-4-10(12(6-8)36(20,31)32)34-16(27,28)14(18,23)24/h1-6H. The van der Waals surface area contributed by atoms with Crippen LogP contribution in [0, 0.1) is 0 Å². The number of benzene rings is 2. The van der Waals surface area contributed by atoms with Gasteiger partial charge in [-0.2, -0.15) is 35.1 Å². The summed E-state index contributed by atoms with van der Waals surface area (Å²) in [6.45, 7) is 0. The maximum Gasteiger partial charge on any atom is 0.475 e. The third kappa shape index (κ3) is 7.06. The average Bonchev–Trinajstić information content (AvgIpc) is 2.64. The lowest BCUT2D eigenvalue weighted by molar-refractivity contribution is -0.267. The van der Waals surface area contributed by atoms with E-state index in [9.17, 15) is 52.0 Å². The van der Waals surface area contributed by atoms with Gasteiger partial charge in [-0.15, -0.1) is 0 Å². The van der Waals surface area contributed by atoms with Gasteiger partial charge in [-0.3, -0.25) is 0 Å². The van der Waals surface area contributed by atoms with Crippen LogP contribution in [-0.4, -0.2) is 38.7 Å². The summed E-state index contributed by atoms with van der Waals surface area (Å²) in [7, 11) is 0.382. The molecule has 2 rings (SSSR count). The zero-order valence-electron chi connectivity index (χ0n) is 16.3. The minimum Gasteiger partial charge on any atom is -0.426 e. The van der Waals surface area contributed by atoms with Gasteiger partial charge >= 0.3 is 21.9 Å². The van der Waals surface area contributed by atoms with E-state index < -0.39 is 61.3 Å². The van der Waals surface area contributed by atoms with Gasteiger partial charge in [0.05, 0.1) is 0 Å². The molecule has 2 aromatic carbocycles. The van der Waals surface area contributed by atoms with Crippen molar-refractivity contribution in [3.8, 4) is 22.6 Å². The Morgan fingerprint density at radius 3 is 1.11 bits per heavy atom. The lowest BCUT2D eigenvalue weighted by Gasteiger charge is -2.23. The highest BCUT2D eigenvalue weighted by Gasteiger charge is 2.59. The van der Waals surface area contributed by atoms with Gasteiger partial charge in [0, 0.05) is 53.2 Å². The minimum atomic E-state index is -5.27. The van der Waals surface area contributed by atoms with Crippen molar-refractivity contribution >= 4 is 71.3 Å². The Labute approximate surface area is 222 Å². The summed E-state index contributed by atoms with van der Waals surface area (Å²) < 4.78 is 161. The van der Waals surface area contributed by atoms with Crippen molar-refractivity contribution in [3.05, 3.63) is 36.4 Å². The van der Waals surface area contributed by atoms with Crippen molar-refractivity contribution < 1.29 is 61.4 Å². The summed E-state index contributed by atoms with van der Waals surface area (Å²) in [5.41, 5.74) is -0.748. The van der Waals surface area contributed by atoms with Crippen LogP contribution < -0.4 is 9.47 Å². The molecule has 0 aliphatic carbocycles. The zero-order chi connectivity index (χ0) is 28.1. The summed E-state index contributed by atoms with van der Waals surface area (Å²) in [5.74, 6) is -2.69. The van der Waals surface area contributed by atoms with Gasteiger partial charge in [0.2, 0.25) is 0 Å². The van der Waals surface area contributed by atoms with E-state index in [4.69, 9.17) is 21.4 Å². The average molecular weight is 741 g/mol. The smallest absolute Gasteiger partial charge is 0.426 e. The first kappa shape index (κ1) is 31.1. The van der Waals surface area contributed by atoms with Gasteiger partial charge in [-0.05, 0) is 35.4 Å². The first-order valence-corrected chi connectivity index (χ1v) is 14.5. The second-order valence-electron chi connectivity index (χ2n) is 6.43. The monoisotopic (exact) mass is 738 g/mol. The highest BCUT2D eigenvalue weighted by molar-refractivity contribution is 9.10. The van der Waals surface area contributed by atoms with Gasteiger partial charge in [0.1, 0.15) is 21.3 Å². The zero-order valence-corrected chi connectivity index (χ0v) is 22.6. The molecule has 0 amide bonds. The van der Waals surface area contributed by atoms with E-state index in [1.165, 1.54) is 31.9 Å². The van der Waals surface area contributed by atoms with Crippen LogP contribution in [0.25, 0.3) is 11.1 Å². The SMILES string of the molecule is O=S(=O)(Cl)c1cc(-c2ccc(OC(F)(F)C(F)(F)Br)c(S(=O)(=O)Cl)c2)ccc1OC(F)(F)C(F)(F)Br. The predicted octanol–water partition coefficient (Wildman–Crippen LogP) is 7.13. The Morgan fingerprint density at radius 2 is 0.889 bits per heavy atom. The molecule has 0 unspecified atom stereocenters. The molecule has 0 bridgehead atoms. The first-order chi connectivity index (χ1) is 15.9. The summed E-state index contributed by atoms with van der Waals surface area (Å²) in [4.78, 5) is -12.4. The van der Waals surface area contributed by atoms with Crippen LogP contribution in [-0.2, 0) is 18.1 Å². The summed E-state index contributed by atoms with van der Waals surface area (Å²) >= 11 is 2.75. The van der Waals surface area contributed by atoms with E-state index in [0.29, 0.717) is 24.3 Å². The van der Waals surface area contributed by atoms with Crippen LogP contribution in [0.1, 0.15) is 0 Å². The number of hydrogen-bond acceptors (Lipinski definition) is 6. The molecule has 0 radical (unpaired) electrons. The van der Waals surface area contributed by atoms with Crippen LogP contribution in [0.5, 0.6) is 11.5 Å². The number of ether oxygens (including phenoxy) is 2. The van der Waals surface area contributed by atoms with E-state index in [1.807, 2.05) is 0 Å². The van der Waals surface area contributed by atoms with E-state index in [1.54, 1.807) is 0 Å². The van der Waals surface area contributed by atoms with Crippen LogP contribution in [0.15, 0.2) is 46.2 Å². The van der Waals surface area contributed by atoms with E-state index in [-0.39, 0.29) is 11.1 Å². The second kappa shape index (κ2) is 9.91. The van der Waals surface area contributed by atoms with E-state index in [2.05, 4.69) is 9.47 Å². The molecule has 20 heteroatoms. The van der Waals surface area contributed by atoms with E-state index >= 15 is 0 Å². The Bertz CT molecular complexity index is 1270. The molecule has 6 nitrogen and oxygen atoms in total. The Kier molecular flexibility index (Phi) is 8.57. The predicted molar refractivity (Wildman–Crippen MR) is 117 cm³/mol. The molecule has 0 aliphatic rings. The maximum atomic E-state index is 13.6. The quantitative estimate of drug-likeness (QED) is 0.155. The molecule has 0 N–H and O–H groups in total. The Hall–Kier alpha value is -1.08. The largest absolute Gasteiger partial charge is 0.475 e. The molecule has 0 fully saturated rings. The molecule has 36 heavy (non-hydrogen) atoms. The van der Waals surface area contributed by atoms with Crippen molar-refractivity contribution in [2.24, 2.45) is 0 Å². The third-order valence-corrected chi connectivity index (χ3v) is 7.49. The van der Waals surface area contributed by atoms with E-state index in [0.717, 1.165) is 12.1 Å². The molecular weight excluding hydrogens is 735 g/mol. The highest BCUT2D eigenvalue weighted by atomic mass is 79.9. The molecular formula is C16H6Br2Cl2F8O6S2. The van der Waals surface area contributed by atoms with Crippen LogP contribution in [0.3, 0.4) is 0 Å². The normalized spacial score (nSPS) is 14.0. The van der Waals surface area contributed by atoms with Crippen LogP contribution >= 0.6 is 53.2 Å². The highest BCUT2D eigenvalue weighted by Crippen LogP contribution is 2.45. The van der Waals surface area contributed by atoms with Crippen LogP contribution in [0.4, 0.5) is 35.1 Å². The maximum absolute atomic E-state index is 13.6. The summed E-state index contributed by atoms with van der Waals surface area (Å²) in [6, 6.07) is 3.42. The molecule has 0 aliphatic heterocycles. The first-order valence-electron chi connectivity index (χ1n) is 8.32. The fourth-order valence-electron chi connectivity index (χ4n) is 2.32. The number of rotatable bonds is 9. The van der Waals surface area contributed by atoms with Gasteiger partial charge in [0.25, 0.3) is 18.1 Å². The fraction of sp³-hybridized carbons (Fsp3) is 0.250. The molecule has 2 aromatic rings. The number of halogens is 12. The molecule has 0 saturated carbocycles. The lowest BCUT2D eigenvalue weighted by atomic mass is 10.1. The van der Waals surface area contributed by atoms with Gasteiger partial charge in [0.15, 0.2) is 0 Å². The van der Waals surface area contributed by atoms with Crippen molar-refractivity contribution in [1.82, 2.24) is 0 Å². The van der Waals surface area contributed by atoms with Gasteiger partial charge in [-0.1, -0.05) is 12.1 Å². The lowest BCUT2D eigenvalue weighted by Crippen LogP contribution is -2.40. The Morgan fingerprint density at radius 1 is 0.611 bits per heavy atom. The molecule has 0 saturated heterocycles. The molecule has 0 atom stereocenters. The van der Waals surface area contributed by atoms with Crippen molar-refractivity contribution in [1.29, 1.82) is 0 Å².